The maximum Gasteiger partial charge on any atom is 0.273 e. The number of rotatable bonds is 3. The van der Waals surface area contributed by atoms with Crippen molar-refractivity contribution in [2.75, 3.05) is 0 Å². The third-order valence-electron chi connectivity index (χ3n) is 2.97. The number of H-pyrrole nitrogens is 2. The third kappa shape index (κ3) is 2.64. The summed E-state index contributed by atoms with van der Waals surface area (Å²) in [5, 5.41) is 12.7. The minimum Gasteiger partial charge on any atom is -0.346 e. The normalized spacial score (nSPS) is 10.7. The van der Waals surface area contributed by atoms with E-state index in [0.29, 0.717) is 16.5 Å². The molecule has 0 unspecified atom stereocenters. The Balaban J connectivity index is 1.84. The van der Waals surface area contributed by atoms with Crippen LogP contribution in [0.3, 0.4) is 0 Å². The van der Waals surface area contributed by atoms with Crippen molar-refractivity contribution in [3.8, 4) is 0 Å². The molecule has 0 atom stereocenters. The predicted octanol–water partition coefficient (Wildman–Crippen LogP) is 0.715. The highest BCUT2D eigenvalue weighted by atomic mass is 19.1. The van der Waals surface area contributed by atoms with Gasteiger partial charge in [-0.05, 0) is 29.7 Å². The molecule has 0 saturated heterocycles. The number of pyridine rings is 1. The number of carbonyl (C=O) groups excluding carboxylic acids is 1. The van der Waals surface area contributed by atoms with Crippen LogP contribution in [0, 0.1) is 5.82 Å². The van der Waals surface area contributed by atoms with Crippen molar-refractivity contribution in [3.63, 3.8) is 0 Å². The summed E-state index contributed by atoms with van der Waals surface area (Å²) in [7, 11) is 0. The lowest BCUT2D eigenvalue weighted by Gasteiger charge is -2.04. The summed E-state index contributed by atoms with van der Waals surface area (Å²) >= 11 is 0. The van der Waals surface area contributed by atoms with Gasteiger partial charge in [-0.1, -0.05) is 0 Å². The highest BCUT2D eigenvalue weighted by Gasteiger charge is 2.10. The number of aromatic nitrogens is 4. The molecule has 0 bridgehead atoms. The maximum atomic E-state index is 13.1. The molecule has 0 aliphatic rings. The lowest BCUT2D eigenvalue weighted by molar-refractivity contribution is 0.0945. The highest BCUT2D eigenvalue weighted by molar-refractivity contribution is 5.91. The van der Waals surface area contributed by atoms with Gasteiger partial charge in [0.2, 0.25) is 0 Å². The summed E-state index contributed by atoms with van der Waals surface area (Å²) in [6.45, 7) is 0.0361. The van der Waals surface area contributed by atoms with E-state index in [9.17, 15) is 14.0 Å². The Labute approximate surface area is 117 Å². The number of amides is 1. The smallest absolute Gasteiger partial charge is 0.273 e. The molecule has 3 aromatic rings. The van der Waals surface area contributed by atoms with Crippen LogP contribution in [0.25, 0.3) is 10.9 Å². The first-order chi connectivity index (χ1) is 10.1. The molecule has 8 heteroatoms. The molecule has 1 amide bonds. The Kier molecular flexibility index (Phi) is 3.19. The Bertz CT molecular complexity index is 857. The van der Waals surface area contributed by atoms with Crippen LogP contribution < -0.4 is 10.9 Å². The molecule has 21 heavy (non-hydrogen) atoms. The second-order valence-electron chi connectivity index (χ2n) is 4.39. The van der Waals surface area contributed by atoms with Gasteiger partial charge in [0.1, 0.15) is 5.82 Å². The summed E-state index contributed by atoms with van der Waals surface area (Å²) in [5.41, 5.74) is 0.528. The van der Waals surface area contributed by atoms with Crippen molar-refractivity contribution in [1.29, 1.82) is 0 Å². The number of nitrogens with zero attached hydrogens (tertiary/aromatic N) is 2. The molecule has 7 nitrogen and oxygen atoms in total. The standard InChI is InChI=1S/C13H10FN5O2/c14-9-2-1-7-3-8(12(20)17-10(7)4-9)5-15-13(21)11-6-16-19-18-11/h1-4,6H,5H2,(H,15,21)(H,17,20)(H,16,18,19). The molecule has 3 N–H and O–H groups in total. The largest absolute Gasteiger partial charge is 0.346 e. The van der Waals surface area contributed by atoms with Gasteiger partial charge in [-0.25, -0.2) is 4.39 Å². The SMILES string of the molecule is O=C(NCc1cc2ccc(F)cc2[nH]c1=O)c1cn[nH]n1. The van der Waals surface area contributed by atoms with Crippen LogP contribution in [-0.2, 0) is 6.54 Å². The molecule has 0 aliphatic heterocycles. The average molecular weight is 287 g/mol. The summed E-state index contributed by atoms with van der Waals surface area (Å²) in [6.07, 6.45) is 1.28. The van der Waals surface area contributed by atoms with E-state index in [4.69, 9.17) is 0 Å². The number of halogens is 1. The molecule has 0 fully saturated rings. The van der Waals surface area contributed by atoms with Crippen molar-refractivity contribution in [2.45, 2.75) is 6.54 Å². The van der Waals surface area contributed by atoms with Crippen LogP contribution >= 0.6 is 0 Å². The molecule has 3 rings (SSSR count). The van der Waals surface area contributed by atoms with E-state index in [1.165, 1.54) is 18.3 Å². The molecule has 0 saturated carbocycles. The second kappa shape index (κ2) is 5.16. The van der Waals surface area contributed by atoms with Gasteiger partial charge in [-0.15, -0.1) is 0 Å². The second-order valence-corrected chi connectivity index (χ2v) is 4.39. The van der Waals surface area contributed by atoms with E-state index in [1.54, 1.807) is 12.1 Å². The maximum absolute atomic E-state index is 13.1. The topological polar surface area (TPSA) is 104 Å². The Morgan fingerprint density at radius 1 is 1.33 bits per heavy atom. The molecular weight excluding hydrogens is 277 g/mol. The number of aromatic amines is 2. The van der Waals surface area contributed by atoms with Gasteiger partial charge >= 0.3 is 0 Å². The number of hydrogen-bond donors (Lipinski definition) is 3. The Hall–Kier alpha value is -3.03. The molecule has 0 aliphatic carbocycles. The van der Waals surface area contributed by atoms with E-state index in [-0.39, 0.29) is 17.8 Å². The van der Waals surface area contributed by atoms with Gasteiger partial charge in [0.25, 0.3) is 11.5 Å². The first kappa shape index (κ1) is 13.0. The number of nitrogens with one attached hydrogen (secondary N) is 3. The third-order valence-corrected chi connectivity index (χ3v) is 2.97. The molecule has 1 aromatic carbocycles. The van der Waals surface area contributed by atoms with Gasteiger partial charge in [0.15, 0.2) is 5.69 Å². The molecule has 2 aromatic heterocycles. The fourth-order valence-electron chi connectivity index (χ4n) is 1.93. The van der Waals surface area contributed by atoms with Crippen molar-refractivity contribution in [3.05, 3.63) is 57.9 Å². The number of fused-ring (bicyclic) bond motifs is 1. The zero-order valence-corrected chi connectivity index (χ0v) is 10.7. The minimum absolute atomic E-state index is 0.0361. The summed E-state index contributed by atoms with van der Waals surface area (Å²) in [5.74, 6) is -0.868. The van der Waals surface area contributed by atoms with E-state index >= 15 is 0 Å². The monoisotopic (exact) mass is 287 g/mol. The van der Waals surface area contributed by atoms with Crippen molar-refractivity contribution >= 4 is 16.8 Å². The predicted molar refractivity (Wildman–Crippen MR) is 72.1 cm³/mol. The number of hydrogen-bond acceptors (Lipinski definition) is 4. The molecule has 0 spiro atoms. The quantitative estimate of drug-likeness (QED) is 0.660. The van der Waals surface area contributed by atoms with E-state index in [1.807, 2.05) is 0 Å². The zero-order chi connectivity index (χ0) is 14.8. The van der Waals surface area contributed by atoms with E-state index < -0.39 is 11.7 Å². The molecule has 106 valence electrons. The van der Waals surface area contributed by atoms with Crippen LogP contribution in [0.1, 0.15) is 16.1 Å². The molecule has 0 radical (unpaired) electrons. The Morgan fingerprint density at radius 3 is 2.95 bits per heavy atom. The van der Waals surface area contributed by atoms with Gasteiger partial charge in [0, 0.05) is 12.1 Å². The fraction of sp³-hybridized carbons (Fsp3) is 0.0769. The summed E-state index contributed by atoms with van der Waals surface area (Å²) in [4.78, 5) is 26.2. The lowest BCUT2D eigenvalue weighted by Crippen LogP contribution is -2.27. The van der Waals surface area contributed by atoms with Gasteiger partial charge in [-0.2, -0.15) is 15.4 Å². The minimum atomic E-state index is -0.442. The first-order valence-electron chi connectivity index (χ1n) is 6.09. The lowest BCUT2D eigenvalue weighted by atomic mass is 10.1. The fourth-order valence-corrected chi connectivity index (χ4v) is 1.93. The van der Waals surface area contributed by atoms with E-state index in [2.05, 4.69) is 25.7 Å². The molecular formula is C13H10FN5O2. The van der Waals surface area contributed by atoms with Gasteiger partial charge < -0.3 is 10.3 Å². The van der Waals surface area contributed by atoms with Crippen LogP contribution in [0.5, 0.6) is 0 Å². The van der Waals surface area contributed by atoms with Crippen LogP contribution in [0.15, 0.2) is 35.3 Å². The van der Waals surface area contributed by atoms with Gasteiger partial charge in [-0.3, -0.25) is 9.59 Å². The van der Waals surface area contributed by atoms with Crippen molar-refractivity contribution in [2.24, 2.45) is 0 Å². The summed E-state index contributed by atoms with van der Waals surface area (Å²) in [6, 6.07) is 5.72. The average Bonchev–Trinajstić information content (AvgIpc) is 2.99. The van der Waals surface area contributed by atoms with Crippen molar-refractivity contribution in [1.82, 2.24) is 25.7 Å². The number of carbonyl (C=O) groups is 1. The molecule has 2 heterocycles. The summed E-state index contributed by atoms with van der Waals surface area (Å²) < 4.78 is 13.1. The number of benzene rings is 1. The Morgan fingerprint density at radius 2 is 2.19 bits per heavy atom. The zero-order valence-electron chi connectivity index (χ0n) is 10.7. The first-order valence-corrected chi connectivity index (χ1v) is 6.09. The van der Waals surface area contributed by atoms with Crippen LogP contribution in [0.2, 0.25) is 0 Å². The van der Waals surface area contributed by atoms with Crippen LogP contribution in [0.4, 0.5) is 4.39 Å². The van der Waals surface area contributed by atoms with Crippen molar-refractivity contribution < 1.29 is 9.18 Å². The highest BCUT2D eigenvalue weighted by Crippen LogP contribution is 2.12. The van der Waals surface area contributed by atoms with Gasteiger partial charge in [0.05, 0.1) is 11.7 Å². The van der Waals surface area contributed by atoms with Crippen LogP contribution in [-0.4, -0.2) is 26.3 Å². The van der Waals surface area contributed by atoms with E-state index in [0.717, 1.165) is 0 Å².